The highest BCUT2D eigenvalue weighted by Gasteiger charge is 2.14. The first-order valence-corrected chi connectivity index (χ1v) is 10.4. The second-order valence-corrected chi connectivity index (χ2v) is 7.92. The van der Waals surface area contributed by atoms with Gasteiger partial charge in [-0.2, -0.15) is 9.61 Å². The third-order valence-electron chi connectivity index (χ3n) is 5.57. The van der Waals surface area contributed by atoms with Crippen LogP contribution in [0.2, 0.25) is 0 Å². The molecule has 0 aliphatic rings. The lowest BCUT2D eigenvalue weighted by molar-refractivity contribution is 0.871. The summed E-state index contributed by atoms with van der Waals surface area (Å²) in [5, 5.41) is 9.51. The summed E-state index contributed by atoms with van der Waals surface area (Å²) in [7, 11) is 0. The van der Waals surface area contributed by atoms with Gasteiger partial charge in [-0.3, -0.25) is 0 Å². The topological polar surface area (TPSA) is 58.0 Å². The lowest BCUT2D eigenvalue weighted by atomic mass is 10.1. The summed E-state index contributed by atoms with van der Waals surface area (Å²) in [4.78, 5) is 8.30. The number of hydrogen-bond acceptors (Lipinski definition) is 3. The highest BCUT2D eigenvalue weighted by Crippen LogP contribution is 2.27. The Morgan fingerprint density at radius 3 is 2.67 bits per heavy atom. The molecule has 5 rings (SSSR count). The minimum atomic E-state index is 0.361. The lowest BCUT2D eigenvalue weighted by Crippen LogP contribution is -2.10. The summed E-state index contributed by atoms with van der Waals surface area (Å²) in [6, 6.07) is 20.8. The molecule has 0 aliphatic heterocycles. The molecule has 2 N–H and O–H groups in total. The predicted molar refractivity (Wildman–Crippen MR) is 123 cm³/mol. The van der Waals surface area contributed by atoms with E-state index in [4.69, 9.17) is 4.98 Å². The minimum absolute atomic E-state index is 0.361. The number of aromatic nitrogens is 4. The number of aromatic amines is 1. The van der Waals surface area contributed by atoms with Gasteiger partial charge in [-0.25, -0.2) is 4.98 Å². The Hall–Kier alpha value is -3.60. The molecule has 2 aromatic carbocycles. The fraction of sp³-hybridized carbons (Fsp3) is 0.200. The molecule has 0 radical (unpaired) electrons. The van der Waals surface area contributed by atoms with Crippen molar-refractivity contribution >= 4 is 22.4 Å². The van der Waals surface area contributed by atoms with Crippen LogP contribution in [0.1, 0.15) is 30.9 Å². The molecule has 0 aliphatic carbocycles. The van der Waals surface area contributed by atoms with E-state index in [2.05, 4.69) is 77.9 Å². The second-order valence-electron chi connectivity index (χ2n) is 7.92. The fourth-order valence-electron chi connectivity index (χ4n) is 3.93. The number of H-pyrrole nitrogens is 1. The van der Waals surface area contributed by atoms with Gasteiger partial charge in [0.25, 0.3) is 0 Å². The second kappa shape index (κ2) is 7.67. The van der Waals surface area contributed by atoms with E-state index in [0.29, 0.717) is 5.92 Å². The van der Waals surface area contributed by atoms with Gasteiger partial charge < -0.3 is 10.3 Å². The maximum absolute atomic E-state index is 4.94. The van der Waals surface area contributed by atoms with Crippen LogP contribution in [0.3, 0.4) is 0 Å². The van der Waals surface area contributed by atoms with E-state index < -0.39 is 0 Å². The van der Waals surface area contributed by atoms with Crippen molar-refractivity contribution < 1.29 is 0 Å². The number of fused-ring (bicyclic) bond motifs is 2. The molecule has 0 saturated heterocycles. The molecule has 0 unspecified atom stereocenters. The van der Waals surface area contributed by atoms with Gasteiger partial charge in [0.15, 0.2) is 5.65 Å². The molecule has 3 aromatic heterocycles. The molecule has 3 heterocycles. The molecule has 0 amide bonds. The Morgan fingerprint density at radius 1 is 1.03 bits per heavy atom. The Bertz CT molecular complexity index is 1300. The number of benzene rings is 2. The van der Waals surface area contributed by atoms with Gasteiger partial charge in [-0.15, -0.1) is 0 Å². The van der Waals surface area contributed by atoms with Crippen molar-refractivity contribution in [3.05, 3.63) is 84.2 Å². The Balaban J connectivity index is 1.48. The Labute approximate surface area is 175 Å². The van der Waals surface area contributed by atoms with Crippen LogP contribution in [0.4, 0.5) is 5.82 Å². The standard InChI is InChI=1S/C25H25N5/c1-17(2)21-16-28-30-24(14-23(29-25(21)30)18-8-4-3-5-9-18)26-13-12-19-15-27-22-11-7-6-10-20(19)22/h3-11,14-17,26-27H,12-13H2,1-2H3. The van der Waals surface area contributed by atoms with Gasteiger partial charge in [-0.05, 0) is 24.0 Å². The molecule has 0 atom stereocenters. The van der Waals surface area contributed by atoms with E-state index in [9.17, 15) is 0 Å². The van der Waals surface area contributed by atoms with Crippen LogP contribution in [-0.2, 0) is 6.42 Å². The van der Waals surface area contributed by atoms with Gasteiger partial charge in [0.05, 0.1) is 11.9 Å². The lowest BCUT2D eigenvalue weighted by Gasteiger charge is -2.12. The molecule has 5 heteroatoms. The largest absolute Gasteiger partial charge is 0.370 e. The number of nitrogens with zero attached hydrogens (tertiary/aromatic N) is 3. The number of hydrogen-bond donors (Lipinski definition) is 2. The van der Waals surface area contributed by atoms with Crippen molar-refractivity contribution in [1.29, 1.82) is 0 Å². The van der Waals surface area contributed by atoms with Crippen LogP contribution in [-0.4, -0.2) is 26.1 Å². The van der Waals surface area contributed by atoms with Gasteiger partial charge >= 0.3 is 0 Å². The number of para-hydroxylation sites is 1. The SMILES string of the molecule is CC(C)c1cnn2c(NCCc3c[nH]c4ccccc34)cc(-c3ccccc3)nc12. The molecular formula is C25H25N5. The minimum Gasteiger partial charge on any atom is -0.370 e. The van der Waals surface area contributed by atoms with Crippen LogP contribution in [0.15, 0.2) is 73.1 Å². The first-order valence-electron chi connectivity index (χ1n) is 10.4. The van der Waals surface area contributed by atoms with E-state index in [1.54, 1.807) is 0 Å². The van der Waals surface area contributed by atoms with Crippen LogP contribution in [0.5, 0.6) is 0 Å². The van der Waals surface area contributed by atoms with Crippen molar-refractivity contribution in [2.75, 3.05) is 11.9 Å². The highest BCUT2D eigenvalue weighted by atomic mass is 15.3. The fourth-order valence-corrected chi connectivity index (χ4v) is 3.93. The van der Waals surface area contributed by atoms with Crippen LogP contribution >= 0.6 is 0 Å². The summed E-state index contributed by atoms with van der Waals surface area (Å²) in [6.07, 6.45) is 4.97. The van der Waals surface area contributed by atoms with Crippen molar-refractivity contribution in [2.45, 2.75) is 26.2 Å². The summed E-state index contributed by atoms with van der Waals surface area (Å²) < 4.78 is 1.93. The number of rotatable bonds is 6. The van der Waals surface area contributed by atoms with Crippen molar-refractivity contribution in [3.8, 4) is 11.3 Å². The highest BCUT2D eigenvalue weighted by molar-refractivity contribution is 5.83. The first-order chi connectivity index (χ1) is 14.7. The number of anilines is 1. The van der Waals surface area contributed by atoms with E-state index in [0.717, 1.165) is 41.3 Å². The zero-order valence-corrected chi connectivity index (χ0v) is 17.3. The average molecular weight is 396 g/mol. The molecule has 30 heavy (non-hydrogen) atoms. The predicted octanol–water partition coefficient (Wildman–Crippen LogP) is 5.66. The maximum atomic E-state index is 4.94. The molecule has 0 fully saturated rings. The van der Waals surface area contributed by atoms with Crippen LogP contribution in [0.25, 0.3) is 27.8 Å². The summed E-state index contributed by atoms with van der Waals surface area (Å²) >= 11 is 0. The Kier molecular flexibility index (Phi) is 4.71. The molecule has 5 nitrogen and oxygen atoms in total. The van der Waals surface area contributed by atoms with E-state index >= 15 is 0 Å². The van der Waals surface area contributed by atoms with Crippen molar-refractivity contribution in [1.82, 2.24) is 19.6 Å². The Morgan fingerprint density at radius 2 is 1.83 bits per heavy atom. The molecule has 0 bridgehead atoms. The normalized spacial score (nSPS) is 11.6. The van der Waals surface area contributed by atoms with Crippen LogP contribution in [0, 0.1) is 0 Å². The van der Waals surface area contributed by atoms with Crippen molar-refractivity contribution in [3.63, 3.8) is 0 Å². The molecule has 5 aromatic rings. The van der Waals surface area contributed by atoms with Crippen LogP contribution < -0.4 is 5.32 Å². The third-order valence-corrected chi connectivity index (χ3v) is 5.57. The smallest absolute Gasteiger partial charge is 0.161 e. The molecule has 0 saturated carbocycles. The average Bonchev–Trinajstić information content (AvgIpc) is 3.39. The van der Waals surface area contributed by atoms with Gasteiger partial charge in [-0.1, -0.05) is 62.4 Å². The van der Waals surface area contributed by atoms with Crippen molar-refractivity contribution in [2.24, 2.45) is 0 Å². The quantitative estimate of drug-likeness (QED) is 0.390. The van der Waals surface area contributed by atoms with E-state index in [1.165, 1.54) is 16.5 Å². The summed E-state index contributed by atoms with van der Waals surface area (Å²) in [6.45, 7) is 5.17. The zero-order valence-electron chi connectivity index (χ0n) is 17.3. The molecular weight excluding hydrogens is 370 g/mol. The number of nitrogens with one attached hydrogen (secondary N) is 2. The third kappa shape index (κ3) is 3.32. The first kappa shape index (κ1) is 18.4. The summed E-state index contributed by atoms with van der Waals surface area (Å²) in [5.74, 6) is 1.32. The zero-order chi connectivity index (χ0) is 20.5. The molecule has 0 spiro atoms. The monoisotopic (exact) mass is 395 g/mol. The van der Waals surface area contributed by atoms with Gasteiger partial charge in [0.2, 0.25) is 0 Å². The van der Waals surface area contributed by atoms with Gasteiger partial charge in [0.1, 0.15) is 5.82 Å². The molecule has 150 valence electrons. The van der Waals surface area contributed by atoms with Gasteiger partial charge in [0, 0.05) is 40.8 Å². The summed E-state index contributed by atoms with van der Waals surface area (Å²) in [5.41, 5.74) is 6.64. The van der Waals surface area contributed by atoms with E-state index in [-0.39, 0.29) is 0 Å². The van der Waals surface area contributed by atoms with E-state index in [1.807, 2.05) is 28.9 Å². The maximum Gasteiger partial charge on any atom is 0.161 e.